The quantitative estimate of drug-likeness (QED) is 0.752. The maximum absolute atomic E-state index is 12.4. The molecule has 0 atom stereocenters. The zero-order chi connectivity index (χ0) is 20.3. The third-order valence-corrected chi connectivity index (χ3v) is 5.68. The summed E-state index contributed by atoms with van der Waals surface area (Å²) in [5.74, 6) is 1.45. The Balaban J connectivity index is 1.54. The number of nitrogens with zero attached hydrogens (tertiary/aromatic N) is 3. The molecule has 0 bridgehead atoms. The van der Waals surface area contributed by atoms with Crippen LogP contribution in [-0.2, 0) is 0 Å². The fourth-order valence-corrected chi connectivity index (χ4v) is 3.57. The average Bonchev–Trinajstić information content (AvgIpc) is 2.67. The summed E-state index contributed by atoms with van der Waals surface area (Å²) in [6.45, 7) is 2.00. The maximum Gasteiger partial charge on any atom is 0.251 e. The van der Waals surface area contributed by atoms with Gasteiger partial charge in [0.25, 0.3) is 5.91 Å². The van der Waals surface area contributed by atoms with E-state index in [1.807, 2.05) is 32.1 Å². The lowest BCUT2D eigenvalue weighted by atomic mass is 9.91. The number of rotatable bonds is 5. The van der Waals surface area contributed by atoms with Crippen molar-refractivity contribution >= 4 is 40.9 Å². The Morgan fingerprint density at radius 2 is 1.79 bits per heavy atom. The van der Waals surface area contributed by atoms with Crippen molar-refractivity contribution in [1.29, 1.82) is 0 Å². The minimum absolute atomic E-state index is 0.114. The molecule has 6 nitrogen and oxygen atoms in total. The number of hydrogen-bond donors (Lipinski definition) is 2. The molecule has 0 saturated heterocycles. The number of hydrogen-bond acceptors (Lipinski definition) is 5. The highest BCUT2D eigenvalue weighted by Crippen LogP contribution is 2.25. The minimum atomic E-state index is -0.114. The summed E-state index contributed by atoms with van der Waals surface area (Å²) in [7, 11) is 3.85. The van der Waals surface area contributed by atoms with Gasteiger partial charge in [-0.3, -0.25) is 4.79 Å². The minimum Gasteiger partial charge on any atom is -0.367 e. The molecule has 0 unspecified atom stereocenters. The van der Waals surface area contributed by atoms with Crippen molar-refractivity contribution in [2.24, 2.45) is 0 Å². The Hall–Kier alpha value is -2.05. The van der Waals surface area contributed by atoms with Crippen LogP contribution in [-0.4, -0.2) is 42.1 Å². The van der Waals surface area contributed by atoms with Gasteiger partial charge in [-0.05, 0) is 50.8 Å². The third-order valence-electron chi connectivity index (χ3n) is 4.94. The van der Waals surface area contributed by atoms with Crippen LogP contribution in [0.15, 0.2) is 24.4 Å². The van der Waals surface area contributed by atoms with Gasteiger partial charge in [0.2, 0.25) is 5.95 Å². The Kier molecular flexibility index (Phi) is 6.62. The Morgan fingerprint density at radius 3 is 2.43 bits per heavy atom. The van der Waals surface area contributed by atoms with Gasteiger partial charge in [-0.25, -0.2) is 4.98 Å². The lowest BCUT2D eigenvalue weighted by Crippen LogP contribution is -2.40. The van der Waals surface area contributed by atoms with Gasteiger partial charge in [-0.2, -0.15) is 4.98 Å². The fraction of sp³-hybridized carbons (Fsp3) is 0.450. The summed E-state index contributed by atoms with van der Waals surface area (Å²) in [5.41, 5.74) is 1.56. The molecule has 1 aromatic carbocycles. The van der Waals surface area contributed by atoms with Crippen LogP contribution >= 0.6 is 23.2 Å². The highest BCUT2D eigenvalue weighted by atomic mass is 35.5. The van der Waals surface area contributed by atoms with Gasteiger partial charge in [0.15, 0.2) is 0 Å². The van der Waals surface area contributed by atoms with Crippen LogP contribution in [0.25, 0.3) is 0 Å². The molecule has 1 aromatic heterocycles. The maximum atomic E-state index is 12.4. The first-order valence-electron chi connectivity index (χ1n) is 9.37. The van der Waals surface area contributed by atoms with E-state index in [0.29, 0.717) is 27.6 Å². The van der Waals surface area contributed by atoms with Gasteiger partial charge < -0.3 is 15.5 Å². The molecule has 2 aromatic rings. The van der Waals surface area contributed by atoms with Crippen LogP contribution in [0, 0.1) is 6.92 Å². The fourth-order valence-electron chi connectivity index (χ4n) is 3.28. The van der Waals surface area contributed by atoms with Gasteiger partial charge in [0, 0.05) is 43.5 Å². The van der Waals surface area contributed by atoms with Crippen LogP contribution in [0.1, 0.15) is 41.6 Å². The Bertz CT molecular complexity index is 850. The zero-order valence-corrected chi connectivity index (χ0v) is 17.8. The lowest BCUT2D eigenvalue weighted by Gasteiger charge is -2.30. The molecule has 0 spiro atoms. The van der Waals surface area contributed by atoms with E-state index in [2.05, 4.69) is 20.6 Å². The molecule has 0 aliphatic heterocycles. The van der Waals surface area contributed by atoms with Gasteiger partial charge in [-0.15, -0.1) is 0 Å². The second kappa shape index (κ2) is 8.97. The van der Waals surface area contributed by atoms with Crippen LogP contribution in [0.4, 0.5) is 11.8 Å². The number of anilines is 2. The smallest absolute Gasteiger partial charge is 0.251 e. The van der Waals surface area contributed by atoms with E-state index in [9.17, 15) is 4.79 Å². The number of amides is 1. The molecule has 1 aliphatic rings. The summed E-state index contributed by atoms with van der Waals surface area (Å²) in [6, 6.07) is 5.43. The van der Waals surface area contributed by atoms with E-state index in [0.717, 1.165) is 37.1 Å². The van der Waals surface area contributed by atoms with E-state index in [1.54, 1.807) is 18.2 Å². The Labute approximate surface area is 175 Å². The Morgan fingerprint density at radius 1 is 1.11 bits per heavy atom. The molecular weight excluding hydrogens is 397 g/mol. The summed E-state index contributed by atoms with van der Waals surface area (Å²) >= 11 is 11.9. The number of benzene rings is 1. The van der Waals surface area contributed by atoms with Crippen LogP contribution in [0.2, 0.25) is 10.0 Å². The molecule has 1 amide bonds. The van der Waals surface area contributed by atoms with Crippen LogP contribution in [0.5, 0.6) is 0 Å². The highest BCUT2D eigenvalue weighted by Gasteiger charge is 2.23. The first-order chi connectivity index (χ1) is 13.3. The van der Waals surface area contributed by atoms with Crippen molar-refractivity contribution in [2.45, 2.75) is 44.7 Å². The largest absolute Gasteiger partial charge is 0.367 e. The van der Waals surface area contributed by atoms with E-state index in [-0.39, 0.29) is 11.9 Å². The molecule has 1 fully saturated rings. The normalized spacial score (nSPS) is 19.2. The van der Waals surface area contributed by atoms with Crippen molar-refractivity contribution in [2.75, 3.05) is 24.3 Å². The van der Waals surface area contributed by atoms with E-state index in [1.165, 1.54) is 0 Å². The van der Waals surface area contributed by atoms with Crippen molar-refractivity contribution in [3.8, 4) is 0 Å². The summed E-state index contributed by atoms with van der Waals surface area (Å²) in [6.07, 6.45) is 5.60. The zero-order valence-electron chi connectivity index (χ0n) is 16.3. The van der Waals surface area contributed by atoms with E-state index in [4.69, 9.17) is 23.2 Å². The summed E-state index contributed by atoms with van der Waals surface area (Å²) < 4.78 is 0. The van der Waals surface area contributed by atoms with Crippen molar-refractivity contribution in [3.63, 3.8) is 0 Å². The number of nitrogens with one attached hydrogen (secondary N) is 2. The monoisotopic (exact) mass is 421 g/mol. The third kappa shape index (κ3) is 5.06. The second-order valence-corrected chi connectivity index (χ2v) is 8.21. The molecule has 28 heavy (non-hydrogen) atoms. The number of halogens is 2. The summed E-state index contributed by atoms with van der Waals surface area (Å²) in [5, 5.41) is 7.48. The van der Waals surface area contributed by atoms with Crippen molar-refractivity contribution in [1.82, 2.24) is 15.3 Å². The van der Waals surface area contributed by atoms with Gasteiger partial charge in [-0.1, -0.05) is 23.2 Å². The van der Waals surface area contributed by atoms with Gasteiger partial charge >= 0.3 is 0 Å². The molecule has 0 radical (unpaired) electrons. The first-order valence-corrected chi connectivity index (χ1v) is 10.1. The number of carbonyl (C=O) groups excluding carboxylic acids is 1. The molecular formula is C20H25Cl2N5O. The lowest BCUT2D eigenvalue weighted by molar-refractivity contribution is 0.0926. The first kappa shape index (κ1) is 20.7. The molecule has 1 heterocycles. The number of carbonyl (C=O) groups is 1. The highest BCUT2D eigenvalue weighted by molar-refractivity contribution is 6.42. The standard InChI is InChI=1S/C20H25Cl2N5O/c1-12-11-23-20(27(2)3)26-18(12)24-14-5-7-15(8-6-14)25-19(28)13-4-9-16(21)17(22)10-13/h4,9-11,14-15H,5-8H2,1-3H3,(H,25,28)(H,23,24,26). The van der Waals surface area contributed by atoms with Gasteiger partial charge in [0.05, 0.1) is 10.0 Å². The van der Waals surface area contributed by atoms with Crippen LogP contribution in [0.3, 0.4) is 0 Å². The van der Waals surface area contributed by atoms with E-state index < -0.39 is 0 Å². The molecule has 150 valence electrons. The average molecular weight is 422 g/mol. The molecule has 3 rings (SSSR count). The topological polar surface area (TPSA) is 70.2 Å². The van der Waals surface area contributed by atoms with Crippen molar-refractivity contribution < 1.29 is 4.79 Å². The predicted molar refractivity (Wildman–Crippen MR) is 115 cm³/mol. The van der Waals surface area contributed by atoms with Crippen LogP contribution < -0.4 is 15.5 Å². The number of aryl methyl sites for hydroxylation is 1. The molecule has 1 aliphatic carbocycles. The SMILES string of the molecule is Cc1cnc(N(C)C)nc1NC1CCC(NC(=O)c2ccc(Cl)c(Cl)c2)CC1. The van der Waals surface area contributed by atoms with Gasteiger partial charge in [0.1, 0.15) is 5.82 Å². The summed E-state index contributed by atoms with van der Waals surface area (Å²) in [4.78, 5) is 23.3. The van der Waals surface area contributed by atoms with E-state index >= 15 is 0 Å². The second-order valence-electron chi connectivity index (χ2n) is 7.39. The molecule has 8 heteroatoms. The number of aromatic nitrogens is 2. The predicted octanol–water partition coefficient (Wildman–Crippen LogP) is 4.31. The molecule has 2 N–H and O–H groups in total. The van der Waals surface area contributed by atoms with Crippen molar-refractivity contribution in [3.05, 3.63) is 45.6 Å². The molecule has 1 saturated carbocycles.